The first-order valence-corrected chi connectivity index (χ1v) is 8.39. The third kappa shape index (κ3) is 3.96. The molecule has 2 N–H and O–H groups in total. The van der Waals surface area contributed by atoms with Crippen LogP contribution in [0.1, 0.15) is 47.8 Å². The zero-order chi connectivity index (χ0) is 17.8. The van der Waals surface area contributed by atoms with Gasteiger partial charge in [-0.15, -0.1) is 0 Å². The normalized spacial score (nSPS) is 14.2. The van der Waals surface area contributed by atoms with Gasteiger partial charge < -0.3 is 15.4 Å². The van der Waals surface area contributed by atoms with E-state index in [1.165, 1.54) is 6.20 Å². The maximum Gasteiger partial charge on any atom is 0.339 e. The summed E-state index contributed by atoms with van der Waals surface area (Å²) in [7, 11) is 0. The van der Waals surface area contributed by atoms with Crippen LogP contribution >= 0.6 is 0 Å². The molecule has 0 fully saturated rings. The zero-order valence-corrected chi connectivity index (χ0v) is 14.3. The smallest absolute Gasteiger partial charge is 0.339 e. The fraction of sp³-hybridized carbons (Fsp3) is 0.316. The van der Waals surface area contributed by atoms with Crippen molar-refractivity contribution in [2.24, 2.45) is 0 Å². The molecule has 6 nitrogen and oxygen atoms in total. The summed E-state index contributed by atoms with van der Waals surface area (Å²) >= 11 is 0. The summed E-state index contributed by atoms with van der Waals surface area (Å²) < 4.78 is 4.95. The van der Waals surface area contributed by atoms with Crippen LogP contribution in [0.2, 0.25) is 0 Å². The van der Waals surface area contributed by atoms with Crippen molar-refractivity contribution >= 4 is 23.4 Å². The molecular weight excluding hydrogens is 318 g/mol. The van der Waals surface area contributed by atoms with Crippen LogP contribution in [0.5, 0.6) is 0 Å². The molecule has 0 saturated carbocycles. The number of aryl methyl sites for hydroxylation is 1. The van der Waals surface area contributed by atoms with Crippen LogP contribution in [0, 0.1) is 0 Å². The van der Waals surface area contributed by atoms with E-state index in [-0.39, 0.29) is 17.9 Å². The summed E-state index contributed by atoms with van der Waals surface area (Å²) in [6, 6.07) is 9.55. The van der Waals surface area contributed by atoms with Crippen molar-refractivity contribution in [3.05, 3.63) is 53.2 Å². The number of nitrogens with zero attached hydrogens (tertiary/aromatic N) is 1. The highest BCUT2D eigenvalue weighted by atomic mass is 16.5. The van der Waals surface area contributed by atoms with Crippen LogP contribution in [-0.2, 0) is 16.0 Å². The number of anilines is 2. The summed E-state index contributed by atoms with van der Waals surface area (Å²) in [6.07, 6.45) is 2.79. The molecule has 0 unspecified atom stereocenters. The number of hydrogen-bond donors (Lipinski definition) is 2. The zero-order valence-electron chi connectivity index (χ0n) is 14.3. The fourth-order valence-corrected chi connectivity index (χ4v) is 2.79. The van der Waals surface area contributed by atoms with Crippen LogP contribution in [0.25, 0.3) is 0 Å². The predicted molar refractivity (Wildman–Crippen MR) is 95.6 cm³/mol. The van der Waals surface area contributed by atoms with E-state index in [0.29, 0.717) is 24.4 Å². The van der Waals surface area contributed by atoms with E-state index in [1.807, 2.05) is 19.1 Å². The number of hydrogen-bond acceptors (Lipinski definition) is 5. The lowest BCUT2D eigenvalue weighted by Crippen LogP contribution is -2.19. The average molecular weight is 339 g/mol. The highest BCUT2D eigenvalue weighted by Crippen LogP contribution is 2.27. The Morgan fingerprint density at radius 2 is 2.16 bits per heavy atom. The Kier molecular flexibility index (Phi) is 4.97. The number of carbonyl (C=O) groups is 2. The van der Waals surface area contributed by atoms with Crippen molar-refractivity contribution in [1.82, 2.24) is 4.98 Å². The van der Waals surface area contributed by atoms with E-state index < -0.39 is 0 Å². The molecule has 0 aliphatic carbocycles. The first kappa shape index (κ1) is 17.0. The lowest BCUT2D eigenvalue weighted by Gasteiger charge is -2.20. The van der Waals surface area contributed by atoms with Crippen molar-refractivity contribution in [2.75, 3.05) is 17.2 Å². The van der Waals surface area contributed by atoms with Crippen molar-refractivity contribution < 1.29 is 14.3 Å². The van der Waals surface area contributed by atoms with E-state index in [4.69, 9.17) is 4.74 Å². The van der Waals surface area contributed by atoms with Gasteiger partial charge in [0.25, 0.3) is 0 Å². The Labute approximate surface area is 146 Å². The van der Waals surface area contributed by atoms with E-state index >= 15 is 0 Å². The second-order valence-corrected chi connectivity index (χ2v) is 5.98. The molecule has 25 heavy (non-hydrogen) atoms. The van der Waals surface area contributed by atoms with Crippen LogP contribution in [-0.4, -0.2) is 23.5 Å². The second kappa shape index (κ2) is 7.34. The minimum absolute atomic E-state index is 0.0453. The summed E-state index contributed by atoms with van der Waals surface area (Å²) in [5.41, 5.74) is 3.59. The Balaban J connectivity index is 1.69. The predicted octanol–water partition coefficient (Wildman–Crippen LogP) is 3.32. The van der Waals surface area contributed by atoms with Gasteiger partial charge in [0.2, 0.25) is 5.91 Å². The van der Waals surface area contributed by atoms with Crippen LogP contribution < -0.4 is 10.6 Å². The monoisotopic (exact) mass is 339 g/mol. The van der Waals surface area contributed by atoms with Gasteiger partial charge >= 0.3 is 5.97 Å². The molecule has 0 spiro atoms. The minimum Gasteiger partial charge on any atom is -0.462 e. The molecule has 1 amide bonds. The molecule has 1 aliphatic rings. The van der Waals surface area contributed by atoms with Gasteiger partial charge in [-0.2, -0.15) is 0 Å². The van der Waals surface area contributed by atoms with Crippen molar-refractivity contribution in [1.29, 1.82) is 0 Å². The second-order valence-electron chi connectivity index (χ2n) is 5.98. The molecule has 1 aromatic heterocycles. The molecular formula is C19H21N3O3. The standard InChI is InChI=1S/C19H21N3O3/c1-3-25-19(24)15-5-8-17(20-11-15)21-12(2)13-4-7-16-14(10-13)6-9-18(23)22-16/h4-5,7-8,10-12H,3,6,9H2,1-2H3,(H,20,21)(H,22,23)/t12-/m0/s1. The van der Waals surface area contributed by atoms with Crippen LogP contribution in [0.15, 0.2) is 36.5 Å². The number of amides is 1. The van der Waals surface area contributed by atoms with E-state index in [0.717, 1.165) is 23.2 Å². The number of benzene rings is 1. The highest BCUT2D eigenvalue weighted by Gasteiger charge is 2.16. The first-order valence-electron chi connectivity index (χ1n) is 8.39. The lowest BCUT2D eigenvalue weighted by molar-refractivity contribution is -0.116. The summed E-state index contributed by atoms with van der Waals surface area (Å²) in [6.45, 7) is 4.16. The third-order valence-electron chi connectivity index (χ3n) is 4.16. The molecule has 3 rings (SSSR count). The van der Waals surface area contributed by atoms with Gasteiger partial charge in [-0.1, -0.05) is 12.1 Å². The lowest BCUT2D eigenvalue weighted by atomic mass is 9.98. The maximum absolute atomic E-state index is 11.6. The molecule has 1 aromatic carbocycles. The Morgan fingerprint density at radius 1 is 1.32 bits per heavy atom. The van der Waals surface area contributed by atoms with Gasteiger partial charge in [0, 0.05) is 24.3 Å². The average Bonchev–Trinajstić information content (AvgIpc) is 2.62. The quantitative estimate of drug-likeness (QED) is 0.817. The Hall–Kier alpha value is -2.89. The molecule has 0 radical (unpaired) electrons. The SMILES string of the molecule is CCOC(=O)c1ccc(N[C@@H](C)c2ccc3c(c2)CCC(=O)N3)nc1. The number of aromatic nitrogens is 1. The van der Waals surface area contributed by atoms with Gasteiger partial charge in [0.05, 0.1) is 12.2 Å². The molecule has 2 heterocycles. The summed E-state index contributed by atoms with van der Waals surface area (Å²) in [4.78, 5) is 27.4. The molecule has 0 saturated heterocycles. The van der Waals surface area contributed by atoms with Gasteiger partial charge in [-0.25, -0.2) is 9.78 Å². The minimum atomic E-state index is -0.369. The number of rotatable bonds is 5. The summed E-state index contributed by atoms with van der Waals surface area (Å²) in [5.74, 6) is 0.384. The van der Waals surface area contributed by atoms with E-state index in [1.54, 1.807) is 19.1 Å². The number of esters is 1. The molecule has 0 bridgehead atoms. The van der Waals surface area contributed by atoms with Crippen molar-refractivity contribution in [3.8, 4) is 0 Å². The number of carbonyl (C=O) groups excluding carboxylic acids is 2. The summed E-state index contributed by atoms with van der Waals surface area (Å²) in [5, 5.41) is 6.21. The molecule has 1 aliphatic heterocycles. The topological polar surface area (TPSA) is 80.3 Å². The molecule has 6 heteroatoms. The highest BCUT2D eigenvalue weighted by molar-refractivity contribution is 5.94. The Bertz CT molecular complexity index is 787. The molecule has 1 atom stereocenters. The number of fused-ring (bicyclic) bond motifs is 1. The van der Waals surface area contributed by atoms with Crippen molar-refractivity contribution in [3.63, 3.8) is 0 Å². The molecule has 130 valence electrons. The third-order valence-corrected chi connectivity index (χ3v) is 4.16. The fourth-order valence-electron chi connectivity index (χ4n) is 2.79. The van der Waals surface area contributed by atoms with Gasteiger partial charge in [0.15, 0.2) is 0 Å². The van der Waals surface area contributed by atoms with Gasteiger partial charge in [0.1, 0.15) is 5.82 Å². The largest absolute Gasteiger partial charge is 0.462 e. The Morgan fingerprint density at radius 3 is 2.88 bits per heavy atom. The van der Waals surface area contributed by atoms with Gasteiger partial charge in [-0.05, 0) is 49.6 Å². The van der Waals surface area contributed by atoms with E-state index in [2.05, 4.69) is 21.7 Å². The van der Waals surface area contributed by atoms with Crippen LogP contribution in [0.4, 0.5) is 11.5 Å². The first-order chi connectivity index (χ1) is 12.1. The number of pyridine rings is 1. The molecule has 2 aromatic rings. The number of ether oxygens (including phenoxy) is 1. The number of nitrogens with one attached hydrogen (secondary N) is 2. The van der Waals surface area contributed by atoms with E-state index in [9.17, 15) is 9.59 Å². The maximum atomic E-state index is 11.6. The van der Waals surface area contributed by atoms with Gasteiger partial charge in [-0.3, -0.25) is 4.79 Å². The van der Waals surface area contributed by atoms with Crippen LogP contribution in [0.3, 0.4) is 0 Å². The van der Waals surface area contributed by atoms with Crippen molar-refractivity contribution in [2.45, 2.75) is 32.7 Å².